The standard InChI is InChI=1S/C15H12ClN3O4S/c16-12-5-4-10(7-13(12)24(17,21)22)15(20)23-9-11-8-19-6-2-1-3-14(19)18-11/h1-8H,9H2,(H2,17,21,22). The molecular formula is C15H12ClN3O4S. The lowest BCUT2D eigenvalue weighted by Gasteiger charge is -2.06. The molecular weight excluding hydrogens is 354 g/mol. The van der Waals surface area contributed by atoms with Crippen molar-refractivity contribution in [3.63, 3.8) is 0 Å². The largest absolute Gasteiger partial charge is 0.456 e. The smallest absolute Gasteiger partial charge is 0.338 e. The van der Waals surface area contributed by atoms with Gasteiger partial charge in [0.25, 0.3) is 0 Å². The molecule has 0 saturated heterocycles. The number of hydrogen-bond donors (Lipinski definition) is 1. The van der Waals surface area contributed by atoms with E-state index in [4.69, 9.17) is 21.5 Å². The van der Waals surface area contributed by atoms with Crippen LogP contribution in [0.4, 0.5) is 0 Å². The van der Waals surface area contributed by atoms with E-state index < -0.39 is 16.0 Å². The van der Waals surface area contributed by atoms with Gasteiger partial charge < -0.3 is 9.14 Å². The van der Waals surface area contributed by atoms with E-state index in [1.54, 1.807) is 10.6 Å². The van der Waals surface area contributed by atoms with Crippen LogP contribution in [0.25, 0.3) is 5.65 Å². The van der Waals surface area contributed by atoms with E-state index in [0.29, 0.717) is 5.69 Å². The fraction of sp³-hybridized carbons (Fsp3) is 0.0667. The second kappa shape index (κ2) is 6.23. The number of rotatable bonds is 4. The van der Waals surface area contributed by atoms with Gasteiger partial charge in [0.05, 0.1) is 16.3 Å². The van der Waals surface area contributed by atoms with Gasteiger partial charge in [0, 0.05) is 12.4 Å². The van der Waals surface area contributed by atoms with Crippen LogP contribution in [-0.2, 0) is 21.4 Å². The number of sulfonamides is 1. The van der Waals surface area contributed by atoms with Gasteiger partial charge in [-0.3, -0.25) is 0 Å². The van der Waals surface area contributed by atoms with Gasteiger partial charge in [-0.2, -0.15) is 0 Å². The van der Waals surface area contributed by atoms with Crippen LogP contribution in [0.15, 0.2) is 53.7 Å². The lowest BCUT2D eigenvalue weighted by Crippen LogP contribution is -2.14. The lowest BCUT2D eigenvalue weighted by atomic mass is 10.2. The van der Waals surface area contributed by atoms with Crippen molar-refractivity contribution >= 4 is 33.2 Å². The second-order valence-electron chi connectivity index (χ2n) is 4.96. The Kier molecular flexibility index (Phi) is 4.27. The molecule has 0 unspecified atom stereocenters. The van der Waals surface area contributed by atoms with Crippen molar-refractivity contribution in [1.82, 2.24) is 9.38 Å². The minimum atomic E-state index is -4.03. The highest BCUT2D eigenvalue weighted by Crippen LogP contribution is 2.22. The summed E-state index contributed by atoms with van der Waals surface area (Å²) in [5.74, 6) is -0.700. The Hall–Kier alpha value is -2.42. The lowest BCUT2D eigenvalue weighted by molar-refractivity contribution is 0.0468. The zero-order valence-electron chi connectivity index (χ0n) is 12.2. The minimum Gasteiger partial charge on any atom is -0.456 e. The molecule has 0 saturated carbocycles. The molecule has 124 valence electrons. The number of nitrogens with zero attached hydrogens (tertiary/aromatic N) is 2. The molecule has 0 bridgehead atoms. The van der Waals surface area contributed by atoms with Crippen LogP contribution in [0.3, 0.4) is 0 Å². The first-order valence-electron chi connectivity index (χ1n) is 6.77. The molecule has 24 heavy (non-hydrogen) atoms. The van der Waals surface area contributed by atoms with Gasteiger partial charge in [-0.1, -0.05) is 17.7 Å². The topological polar surface area (TPSA) is 104 Å². The number of aromatic nitrogens is 2. The minimum absolute atomic E-state index is 0.0344. The number of hydrogen-bond acceptors (Lipinski definition) is 5. The Morgan fingerprint density at radius 2 is 2.08 bits per heavy atom. The number of ether oxygens (including phenoxy) is 1. The molecule has 9 heteroatoms. The third kappa shape index (κ3) is 3.40. The zero-order valence-corrected chi connectivity index (χ0v) is 13.8. The van der Waals surface area contributed by atoms with Crippen LogP contribution in [0.1, 0.15) is 16.1 Å². The monoisotopic (exact) mass is 365 g/mol. The number of halogens is 1. The van der Waals surface area contributed by atoms with Crippen molar-refractivity contribution in [2.45, 2.75) is 11.5 Å². The highest BCUT2D eigenvalue weighted by Gasteiger charge is 2.17. The van der Waals surface area contributed by atoms with Gasteiger partial charge in [-0.25, -0.2) is 23.3 Å². The highest BCUT2D eigenvalue weighted by molar-refractivity contribution is 7.89. The molecule has 7 nitrogen and oxygen atoms in total. The molecule has 0 spiro atoms. The summed E-state index contributed by atoms with van der Waals surface area (Å²) in [5, 5.41) is 5.00. The summed E-state index contributed by atoms with van der Waals surface area (Å²) in [7, 11) is -4.03. The summed E-state index contributed by atoms with van der Waals surface area (Å²) in [6.07, 6.45) is 3.56. The van der Waals surface area contributed by atoms with Crippen LogP contribution in [0, 0.1) is 0 Å². The Morgan fingerprint density at radius 1 is 1.29 bits per heavy atom. The van der Waals surface area contributed by atoms with Crippen molar-refractivity contribution in [1.29, 1.82) is 0 Å². The van der Waals surface area contributed by atoms with Gasteiger partial charge in [0.2, 0.25) is 10.0 Å². The highest BCUT2D eigenvalue weighted by atomic mass is 35.5. The predicted octanol–water partition coefficient (Wildman–Crippen LogP) is 1.99. The van der Waals surface area contributed by atoms with Crippen LogP contribution < -0.4 is 5.14 Å². The van der Waals surface area contributed by atoms with Gasteiger partial charge in [-0.15, -0.1) is 0 Å². The van der Waals surface area contributed by atoms with Crippen molar-refractivity contribution in [2.75, 3.05) is 0 Å². The van der Waals surface area contributed by atoms with Crippen molar-refractivity contribution in [3.8, 4) is 0 Å². The van der Waals surface area contributed by atoms with E-state index >= 15 is 0 Å². The van der Waals surface area contributed by atoms with E-state index in [-0.39, 0.29) is 22.1 Å². The van der Waals surface area contributed by atoms with Crippen molar-refractivity contribution < 1.29 is 17.9 Å². The molecule has 2 aromatic heterocycles. The Morgan fingerprint density at radius 3 is 2.79 bits per heavy atom. The Labute approximate surface area is 142 Å². The van der Waals surface area contributed by atoms with Gasteiger partial charge >= 0.3 is 5.97 Å². The van der Waals surface area contributed by atoms with E-state index in [1.807, 2.05) is 24.4 Å². The van der Waals surface area contributed by atoms with E-state index in [2.05, 4.69) is 4.98 Å². The van der Waals surface area contributed by atoms with Crippen LogP contribution >= 0.6 is 11.6 Å². The average molecular weight is 366 g/mol. The maximum Gasteiger partial charge on any atom is 0.338 e. The molecule has 2 N–H and O–H groups in total. The van der Waals surface area contributed by atoms with Crippen molar-refractivity contribution in [3.05, 3.63) is 65.1 Å². The first-order valence-corrected chi connectivity index (χ1v) is 8.69. The quantitative estimate of drug-likeness (QED) is 0.712. The van der Waals surface area contributed by atoms with E-state index in [9.17, 15) is 13.2 Å². The number of pyridine rings is 1. The molecule has 0 aliphatic carbocycles. The van der Waals surface area contributed by atoms with Crippen LogP contribution in [0.5, 0.6) is 0 Å². The molecule has 2 heterocycles. The first kappa shape index (κ1) is 16.4. The molecule has 0 radical (unpaired) electrons. The maximum absolute atomic E-state index is 12.1. The molecule has 3 rings (SSSR count). The number of imidazole rings is 1. The number of benzene rings is 1. The summed E-state index contributed by atoms with van der Waals surface area (Å²) in [5.41, 5.74) is 1.33. The number of fused-ring (bicyclic) bond motifs is 1. The van der Waals surface area contributed by atoms with Gasteiger partial charge in [0.1, 0.15) is 17.1 Å². The molecule has 3 aromatic rings. The third-order valence-electron chi connectivity index (χ3n) is 3.24. The molecule has 0 atom stereocenters. The average Bonchev–Trinajstić information content (AvgIpc) is 2.94. The number of carbonyl (C=O) groups excluding carboxylic acids is 1. The van der Waals surface area contributed by atoms with E-state index in [1.165, 1.54) is 12.1 Å². The Bertz CT molecular complexity index is 997. The molecule has 0 aliphatic heterocycles. The normalized spacial score (nSPS) is 11.6. The van der Waals surface area contributed by atoms with Crippen molar-refractivity contribution in [2.24, 2.45) is 5.14 Å². The number of carbonyl (C=O) groups is 1. The zero-order chi connectivity index (χ0) is 17.3. The molecule has 0 aliphatic rings. The van der Waals surface area contributed by atoms with Gasteiger partial charge in [0.15, 0.2) is 0 Å². The summed E-state index contributed by atoms with van der Waals surface area (Å²) in [6.45, 7) is -0.0478. The summed E-state index contributed by atoms with van der Waals surface area (Å²) in [4.78, 5) is 16.1. The van der Waals surface area contributed by atoms with Crippen LogP contribution in [0.2, 0.25) is 5.02 Å². The summed E-state index contributed by atoms with van der Waals surface area (Å²) < 4.78 is 29.8. The van der Waals surface area contributed by atoms with E-state index in [0.717, 1.165) is 11.7 Å². The molecule has 0 fully saturated rings. The fourth-order valence-electron chi connectivity index (χ4n) is 2.13. The van der Waals surface area contributed by atoms with Gasteiger partial charge in [-0.05, 0) is 30.3 Å². The fourth-order valence-corrected chi connectivity index (χ4v) is 3.20. The molecule has 1 aromatic carbocycles. The number of primary sulfonamides is 1. The first-order chi connectivity index (χ1) is 11.3. The summed E-state index contributed by atoms with van der Waals surface area (Å²) >= 11 is 5.78. The molecule has 0 amide bonds. The SMILES string of the molecule is NS(=O)(=O)c1cc(C(=O)OCc2cn3ccccc3n2)ccc1Cl. The maximum atomic E-state index is 12.1. The second-order valence-corrected chi connectivity index (χ2v) is 6.90. The summed E-state index contributed by atoms with van der Waals surface area (Å²) in [6, 6.07) is 9.26. The Balaban J connectivity index is 1.77. The predicted molar refractivity (Wildman–Crippen MR) is 87.1 cm³/mol. The number of nitrogens with two attached hydrogens (primary N) is 1. The van der Waals surface area contributed by atoms with Crippen LogP contribution in [-0.4, -0.2) is 23.8 Å². The number of esters is 1. The third-order valence-corrected chi connectivity index (χ3v) is 4.63.